The highest BCUT2D eigenvalue weighted by Crippen LogP contribution is 2.41. The summed E-state index contributed by atoms with van der Waals surface area (Å²) in [5, 5.41) is 0. The second kappa shape index (κ2) is 11.4. The number of carbonyl (C=O) groups is 1. The molecular weight excluding hydrogens is 320 g/mol. The van der Waals surface area contributed by atoms with Crippen LogP contribution in [0.3, 0.4) is 0 Å². The van der Waals surface area contributed by atoms with Gasteiger partial charge < -0.3 is 4.74 Å². The van der Waals surface area contributed by atoms with Crippen molar-refractivity contribution in [3.8, 4) is 0 Å². The Bertz CT molecular complexity index is 504. The minimum absolute atomic E-state index is 0.151. The number of hydrogen-bond acceptors (Lipinski definition) is 2. The average Bonchev–Trinajstić information content (AvgIpc) is 3.24. The lowest BCUT2D eigenvalue weighted by molar-refractivity contribution is -0.0554. The molecule has 1 aromatic carbocycles. The smallest absolute Gasteiger partial charge is 0.338 e. The van der Waals surface area contributed by atoms with Crippen molar-refractivity contribution >= 4 is 5.97 Å². The molecule has 1 fully saturated rings. The van der Waals surface area contributed by atoms with Gasteiger partial charge in [-0.25, -0.2) is 4.79 Å². The predicted molar refractivity (Wildman–Crippen MR) is 112 cm³/mol. The Morgan fingerprint density at radius 3 is 1.92 bits per heavy atom. The van der Waals surface area contributed by atoms with Gasteiger partial charge in [0, 0.05) is 0 Å². The summed E-state index contributed by atoms with van der Waals surface area (Å²) in [6.45, 7) is 12.8. The monoisotopic (exact) mass is 360 g/mol. The third-order valence-corrected chi connectivity index (χ3v) is 6.20. The van der Waals surface area contributed by atoms with Crippen molar-refractivity contribution in [1.82, 2.24) is 0 Å². The lowest BCUT2D eigenvalue weighted by Gasteiger charge is -2.37. The minimum Gasteiger partial charge on any atom is -0.455 e. The number of benzene rings is 1. The first-order chi connectivity index (χ1) is 12.6. The first-order valence-corrected chi connectivity index (χ1v) is 10.9. The van der Waals surface area contributed by atoms with Gasteiger partial charge in [0.15, 0.2) is 0 Å². The zero-order valence-electron chi connectivity index (χ0n) is 17.9. The number of esters is 1. The van der Waals surface area contributed by atoms with Gasteiger partial charge in [-0.2, -0.15) is 0 Å². The van der Waals surface area contributed by atoms with Crippen LogP contribution in [-0.2, 0) is 4.74 Å². The van der Waals surface area contributed by atoms with E-state index in [1.54, 1.807) is 0 Å². The van der Waals surface area contributed by atoms with Gasteiger partial charge in [-0.15, -0.1) is 0 Å². The van der Waals surface area contributed by atoms with Crippen molar-refractivity contribution < 1.29 is 9.53 Å². The molecule has 0 N–H and O–H groups in total. The van der Waals surface area contributed by atoms with Gasteiger partial charge >= 0.3 is 5.97 Å². The Morgan fingerprint density at radius 1 is 1.00 bits per heavy atom. The molecule has 2 rings (SSSR count). The van der Waals surface area contributed by atoms with Gasteiger partial charge in [-0.3, -0.25) is 0 Å². The minimum atomic E-state index is -0.276. The van der Waals surface area contributed by atoms with Crippen molar-refractivity contribution in [1.29, 1.82) is 0 Å². The molecule has 148 valence electrons. The second-order valence-corrected chi connectivity index (χ2v) is 7.28. The number of hydrogen-bond donors (Lipinski definition) is 0. The highest BCUT2D eigenvalue weighted by molar-refractivity contribution is 5.89. The van der Waals surface area contributed by atoms with Gasteiger partial charge in [0.1, 0.15) is 5.60 Å². The molecule has 0 aliphatic heterocycles. The van der Waals surface area contributed by atoms with E-state index in [2.05, 4.69) is 39.8 Å². The summed E-state index contributed by atoms with van der Waals surface area (Å²) < 4.78 is 6.12. The maximum atomic E-state index is 12.7. The van der Waals surface area contributed by atoms with E-state index >= 15 is 0 Å². The molecule has 0 spiro atoms. The van der Waals surface area contributed by atoms with Crippen LogP contribution in [0.4, 0.5) is 0 Å². The van der Waals surface area contributed by atoms with E-state index in [1.807, 2.05) is 26.0 Å². The molecule has 0 amide bonds. The number of carbonyl (C=O) groups excluding carboxylic acids is 1. The fraction of sp³-hybridized carbons (Fsp3) is 0.708. The SMILES string of the molecule is CC.CCC(CC)c1ccc(C(=O)OC(CC)(CC)C2CCCC2)cc1. The average molecular weight is 361 g/mol. The van der Waals surface area contributed by atoms with Crippen LogP contribution in [0.5, 0.6) is 0 Å². The van der Waals surface area contributed by atoms with Gasteiger partial charge in [0.05, 0.1) is 5.56 Å². The molecule has 26 heavy (non-hydrogen) atoms. The molecule has 2 nitrogen and oxygen atoms in total. The fourth-order valence-corrected chi connectivity index (χ4v) is 4.40. The molecule has 0 bridgehead atoms. The quantitative estimate of drug-likeness (QED) is 0.448. The number of ether oxygens (including phenoxy) is 1. The second-order valence-electron chi connectivity index (χ2n) is 7.28. The first kappa shape index (κ1) is 22.7. The summed E-state index contributed by atoms with van der Waals surface area (Å²) in [5.41, 5.74) is 1.74. The van der Waals surface area contributed by atoms with Gasteiger partial charge in [-0.1, -0.05) is 66.5 Å². The van der Waals surface area contributed by atoms with E-state index in [1.165, 1.54) is 31.2 Å². The van der Waals surface area contributed by atoms with Gasteiger partial charge in [0.2, 0.25) is 0 Å². The molecular formula is C24H40O2. The van der Waals surface area contributed by atoms with Crippen LogP contribution in [-0.4, -0.2) is 11.6 Å². The fourth-order valence-electron chi connectivity index (χ4n) is 4.40. The topological polar surface area (TPSA) is 26.3 Å². The van der Waals surface area contributed by atoms with E-state index in [4.69, 9.17) is 4.74 Å². The molecule has 0 radical (unpaired) electrons. The first-order valence-electron chi connectivity index (χ1n) is 10.9. The zero-order valence-corrected chi connectivity index (χ0v) is 17.9. The Kier molecular flexibility index (Phi) is 9.98. The van der Waals surface area contributed by atoms with Crippen LogP contribution >= 0.6 is 0 Å². The lowest BCUT2D eigenvalue weighted by atomic mass is 9.81. The maximum Gasteiger partial charge on any atom is 0.338 e. The van der Waals surface area contributed by atoms with E-state index in [0.717, 1.165) is 25.7 Å². The summed E-state index contributed by atoms with van der Waals surface area (Å²) in [4.78, 5) is 12.7. The van der Waals surface area contributed by atoms with E-state index < -0.39 is 0 Å². The summed E-state index contributed by atoms with van der Waals surface area (Å²) in [6.07, 6.45) is 9.03. The molecule has 1 aromatic rings. The van der Waals surface area contributed by atoms with E-state index in [9.17, 15) is 4.79 Å². The van der Waals surface area contributed by atoms with Crippen molar-refractivity contribution in [2.45, 2.75) is 104 Å². The molecule has 1 aliphatic carbocycles. The highest BCUT2D eigenvalue weighted by Gasteiger charge is 2.40. The molecule has 0 heterocycles. The standard InChI is InChI=1S/C22H34O2.C2H6/c1-5-17(6-2)18-13-15-19(16-14-18)21(23)24-22(7-3,8-4)20-11-9-10-12-20;1-2/h13-17,20H,5-12H2,1-4H3;1-2H3. The lowest BCUT2D eigenvalue weighted by Crippen LogP contribution is -2.40. The summed E-state index contributed by atoms with van der Waals surface area (Å²) in [7, 11) is 0. The van der Waals surface area contributed by atoms with Crippen LogP contribution in [0.1, 0.15) is 115 Å². The van der Waals surface area contributed by atoms with Crippen LogP contribution in [0.25, 0.3) is 0 Å². The Labute approximate surface area is 161 Å². The van der Waals surface area contributed by atoms with Crippen molar-refractivity contribution in [3.63, 3.8) is 0 Å². The molecule has 0 aromatic heterocycles. The van der Waals surface area contributed by atoms with E-state index in [0.29, 0.717) is 17.4 Å². The maximum absolute atomic E-state index is 12.7. The third-order valence-electron chi connectivity index (χ3n) is 6.20. The van der Waals surface area contributed by atoms with E-state index in [-0.39, 0.29) is 11.6 Å². The third kappa shape index (κ3) is 5.34. The molecule has 1 aliphatic rings. The summed E-state index contributed by atoms with van der Waals surface area (Å²) >= 11 is 0. The van der Waals surface area contributed by atoms with Crippen molar-refractivity contribution in [2.75, 3.05) is 0 Å². The zero-order chi connectivity index (χ0) is 19.6. The van der Waals surface area contributed by atoms with Crippen LogP contribution < -0.4 is 0 Å². The molecule has 2 heteroatoms. The molecule has 1 saturated carbocycles. The summed E-state index contributed by atoms with van der Waals surface area (Å²) in [5.74, 6) is 0.959. The highest BCUT2D eigenvalue weighted by atomic mass is 16.6. The number of rotatable bonds is 8. The van der Waals surface area contributed by atoms with Crippen LogP contribution in [0.2, 0.25) is 0 Å². The molecule has 0 saturated heterocycles. The molecule has 0 atom stereocenters. The van der Waals surface area contributed by atoms with Crippen LogP contribution in [0.15, 0.2) is 24.3 Å². The van der Waals surface area contributed by atoms with Crippen molar-refractivity contribution in [3.05, 3.63) is 35.4 Å². The normalized spacial score (nSPS) is 14.9. The largest absolute Gasteiger partial charge is 0.455 e. The van der Waals surface area contributed by atoms with Crippen molar-refractivity contribution in [2.24, 2.45) is 5.92 Å². The Balaban J connectivity index is 0.00000163. The van der Waals surface area contributed by atoms with Crippen LogP contribution in [0, 0.1) is 5.92 Å². The Morgan fingerprint density at radius 2 is 1.50 bits per heavy atom. The molecule has 0 unspecified atom stereocenters. The summed E-state index contributed by atoms with van der Waals surface area (Å²) in [6, 6.07) is 8.09. The van der Waals surface area contributed by atoms with Gasteiger partial charge in [-0.05, 0) is 68.1 Å². The van der Waals surface area contributed by atoms with Gasteiger partial charge in [0.25, 0.3) is 0 Å². The Hall–Kier alpha value is -1.31. The predicted octanol–water partition coefficient (Wildman–Crippen LogP) is 7.52.